The third kappa shape index (κ3) is 2.59. The standard InChI is InChI=1S/C9H13ClN2OS/c10-8-5-14-9(12-8)13-7-3-1-2-6(11)4-7/h5-7H,1-4,11H2. The molecular weight excluding hydrogens is 220 g/mol. The Labute approximate surface area is 92.2 Å². The second-order valence-corrected chi connectivity index (χ2v) is 4.81. The Morgan fingerprint density at radius 2 is 2.43 bits per heavy atom. The molecule has 1 fully saturated rings. The van der Waals surface area contributed by atoms with Gasteiger partial charge in [-0.2, -0.15) is 4.98 Å². The van der Waals surface area contributed by atoms with Gasteiger partial charge in [-0.25, -0.2) is 0 Å². The van der Waals surface area contributed by atoms with E-state index >= 15 is 0 Å². The minimum atomic E-state index is 0.223. The molecule has 78 valence electrons. The summed E-state index contributed by atoms with van der Waals surface area (Å²) in [6, 6.07) is 0.282. The Morgan fingerprint density at radius 3 is 3.07 bits per heavy atom. The van der Waals surface area contributed by atoms with Crippen LogP contribution in [0, 0.1) is 0 Å². The molecule has 1 aliphatic rings. The maximum atomic E-state index is 5.86. The van der Waals surface area contributed by atoms with Crippen molar-refractivity contribution in [1.82, 2.24) is 4.98 Å². The van der Waals surface area contributed by atoms with Crippen molar-refractivity contribution in [2.75, 3.05) is 0 Å². The van der Waals surface area contributed by atoms with E-state index in [-0.39, 0.29) is 12.1 Å². The molecule has 0 spiro atoms. The van der Waals surface area contributed by atoms with Crippen LogP contribution in [0.5, 0.6) is 5.19 Å². The summed E-state index contributed by atoms with van der Waals surface area (Å²) in [6.45, 7) is 0. The average molecular weight is 233 g/mol. The Balaban J connectivity index is 1.90. The number of thiazole rings is 1. The smallest absolute Gasteiger partial charge is 0.274 e. The van der Waals surface area contributed by atoms with E-state index in [2.05, 4.69) is 4.98 Å². The van der Waals surface area contributed by atoms with Gasteiger partial charge in [0.2, 0.25) is 0 Å². The lowest BCUT2D eigenvalue weighted by Crippen LogP contribution is -2.33. The highest BCUT2D eigenvalue weighted by Crippen LogP contribution is 2.26. The maximum Gasteiger partial charge on any atom is 0.274 e. The lowest BCUT2D eigenvalue weighted by molar-refractivity contribution is 0.144. The fraction of sp³-hybridized carbons (Fsp3) is 0.667. The van der Waals surface area contributed by atoms with Crippen molar-refractivity contribution in [1.29, 1.82) is 0 Å². The van der Waals surface area contributed by atoms with Crippen molar-refractivity contribution in [3.8, 4) is 5.19 Å². The van der Waals surface area contributed by atoms with Crippen molar-refractivity contribution < 1.29 is 4.74 Å². The summed E-state index contributed by atoms with van der Waals surface area (Å²) < 4.78 is 5.69. The molecule has 0 saturated heterocycles. The molecular formula is C9H13ClN2OS. The van der Waals surface area contributed by atoms with E-state index in [1.807, 2.05) is 0 Å². The summed E-state index contributed by atoms with van der Waals surface area (Å²) in [7, 11) is 0. The first-order valence-electron chi connectivity index (χ1n) is 4.77. The summed E-state index contributed by atoms with van der Waals surface area (Å²) in [5, 5.41) is 2.94. The van der Waals surface area contributed by atoms with E-state index in [0.717, 1.165) is 25.7 Å². The van der Waals surface area contributed by atoms with Gasteiger partial charge in [0.25, 0.3) is 5.19 Å². The number of aromatic nitrogens is 1. The van der Waals surface area contributed by atoms with E-state index in [0.29, 0.717) is 10.3 Å². The zero-order chi connectivity index (χ0) is 9.97. The first kappa shape index (κ1) is 10.2. The Hall–Kier alpha value is -0.320. The minimum Gasteiger partial charge on any atom is -0.467 e. The molecule has 1 saturated carbocycles. The van der Waals surface area contributed by atoms with E-state index < -0.39 is 0 Å². The minimum absolute atomic E-state index is 0.223. The fourth-order valence-electron chi connectivity index (χ4n) is 1.72. The van der Waals surface area contributed by atoms with Crippen LogP contribution in [-0.2, 0) is 0 Å². The van der Waals surface area contributed by atoms with Gasteiger partial charge in [-0.15, -0.1) is 0 Å². The van der Waals surface area contributed by atoms with Crippen LogP contribution >= 0.6 is 22.9 Å². The second-order valence-electron chi connectivity index (χ2n) is 3.60. The average Bonchev–Trinajstić information content (AvgIpc) is 2.51. The number of rotatable bonds is 2. The Morgan fingerprint density at radius 1 is 1.57 bits per heavy atom. The van der Waals surface area contributed by atoms with Gasteiger partial charge in [0.1, 0.15) is 11.3 Å². The maximum absolute atomic E-state index is 5.86. The van der Waals surface area contributed by atoms with Gasteiger partial charge in [-0.1, -0.05) is 22.9 Å². The van der Waals surface area contributed by atoms with Crippen LogP contribution in [0.15, 0.2) is 5.38 Å². The molecule has 0 bridgehead atoms. The van der Waals surface area contributed by atoms with Crippen molar-refractivity contribution in [2.45, 2.75) is 37.8 Å². The summed E-state index contributed by atoms with van der Waals surface area (Å²) >= 11 is 7.14. The molecule has 2 unspecified atom stereocenters. The SMILES string of the molecule is NC1CCCC(Oc2nc(Cl)cs2)C1. The fourth-order valence-corrected chi connectivity index (χ4v) is 2.58. The highest BCUT2D eigenvalue weighted by molar-refractivity contribution is 7.11. The van der Waals surface area contributed by atoms with Gasteiger partial charge in [-0.05, 0) is 25.7 Å². The third-order valence-corrected chi connectivity index (χ3v) is 3.44. The predicted octanol–water partition coefficient (Wildman–Crippen LogP) is 2.45. The lowest BCUT2D eigenvalue weighted by Gasteiger charge is -2.25. The zero-order valence-corrected chi connectivity index (χ0v) is 9.35. The van der Waals surface area contributed by atoms with E-state index in [4.69, 9.17) is 22.1 Å². The molecule has 0 aromatic carbocycles. The van der Waals surface area contributed by atoms with Crippen LogP contribution in [0.2, 0.25) is 5.15 Å². The van der Waals surface area contributed by atoms with Gasteiger partial charge in [0.05, 0.1) is 0 Å². The topological polar surface area (TPSA) is 48.1 Å². The highest BCUT2D eigenvalue weighted by atomic mass is 35.5. The molecule has 5 heteroatoms. The van der Waals surface area contributed by atoms with Crippen LogP contribution in [-0.4, -0.2) is 17.1 Å². The molecule has 2 N–H and O–H groups in total. The Kier molecular flexibility index (Phi) is 3.26. The molecule has 0 amide bonds. The monoisotopic (exact) mass is 232 g/mol. The quantitative estimate of drug-likeness (QED) is 0.852. The highest BCUT2D eigenvalue weighted by Gasteiger charge is 2.21. The summed E-state index contributed by atoms with van der Waals surface area (Å²) in [5.41, 5.74) is 5.86. The summed E-state index contributed by atoms with van der Waals surface area (Å²) in [4.78, 5) is 4.05. The summed E-state index contributed by atoms with van der Waals surface area (Å²) in [5.74, 6) is 0. The first-order valence-corrected chi connectivity index (χ1v) is 6.03. The molecule has 1 aliphatic carbocycles. The van der Waals surface area contributed by atoms with Crippen molar-refractivity contribution in [2.24, 2.45) is 5.73 Å². The van der Waals surface area contributed by atoms with Gasteiger partial charge in [0.15, 0.2) is 0 Å². The molecule has 2 atom stereocenters. The van der Waals surface area contributed by atoms with Gasteiger partial charge in [-0.3, -0.25) is 0 Å². The zero-order valence-electron chi connectivity index (χ0n) is 7.78. The lowest BCUT2D eigenvalue weighted by atomic mass is 9.94. The van der Waals surface area contributed by atoms with E-state index in [1.54, 1.807) is 5.38 Å². The normalized spacial score (nSPS) is 27.6. The molecule has 0 radical (unpaired) electrons. The number of nitrogens with two attached hydrogens (primary N) is 1. The summed E-state index contributed by atoms with van der Waals surface area (Å²) in [6.07, 6.45) is 4.48. The molecule has 1 heterocycles. The van der Waals surface area contributed by atoms with E-state index in [1.165, 1.54) is 11.3 Å². The molecule has 2 rings (SSSR count). The van der Waals surface area contributed by atoms with Crippen LogP contribution in [0.25, 0.3) is 0 Å². The number of ether oxygens (including phenoxy) is 1. The number of nitrogens with zero attached hydrogens (tertiary/aromatic N) is 1. The third-order valence-electron chi connectivity index (χ3n) is 2.39. The van der Waals surface area contributed by atoms with Crippen molar-refractivity contribution >= 4 is 22.9 Å². The van der Waals surface area contributed by atoms with Crippen LogP contribution in [0.3, 0.4) is 0 Å². The van der Waals surface area contributed by atoms with Gasteiger partial charge in [0, 0.05) is 11.4 Å². The van der Waals surface area contributed by atoms with Crippen LogP contribution in [0.1, 0.15) is 25.7 Å². The second kappa shape index (κ2) is 4.47. The number of halogens is 1. The Bertz CT molecular complexity index is 305. The first-order chi connectivity index (χ1) is 6.74. The molecule has 1 aromatic heterocycles. The van der Waals surface area contributed by atoms with Gasteiger partial charge >= 0.3 is 0 Å². The predicted molar refractivity (Wildman–Crippen MR) is 58.0 cm³/mol. The molecule has 0 aliphatic heterocycles. The number of hydrogen-bond acceptors (Lipinski definition) is 4. The molecule has 1 aromatic rings. The van der Waals surface area contributed by atoms with Gasteiger partial charge < -0.3 is 10.5 Å². The van der Waals surface area contributed by atoms with Crippen LogP contribution < -0.4 is 10.5 Å². The molecule has 3 nitrogen and oxygen atoms in total. The number of hydrogen-bond donors (Lipinski definition) is 1. The molecule has 14 heavy (non-hydrogen) atoms. The van der Waals surface area contributed by atoms with Crippen molar-refractivity contribution in [3.05, 3.63) is 10.5 Å². The van der Waals surface area contributed by atoms with Crippen LogP contribution in [0.4, 0.5) is 0 Å². The van der Waals surface area contributed by atoms with Crippen molar-refractivity contribution in [3.63, 3.8) is 0 Å². The van der Waals surface area contributed by atoms with E-state index in [9.17, 15) is 0 Å². The largest absolute Gasteiger partial charge is 0.467 e.